The van der Waals surface area contributed by atoms with Gasteiger partial charge in [0.2, 0.25) is 15.8 Å². The van der Waals surface area contributed by atoms with Crippen molar-refractivity contribution in [3.63, 3.8) is 0 Å². The normalized spacial score (nSPS) is 13.5. The Labute approximate surface area is 214 Å². The summed E-state index contributed by atoms with van der Waals surface area (Å²) >= 11 is 6.23. The third kappa shape index (κ3) is 5.23. The minimum atomic E-state index is -3.98. The summed E-state index contributed by atoms with van der Waals surface area (Å²) in [5, 5.41) is -0.00976. The average molecular weight is 530 g/mol. The van der Waals surface area contributed by atoms with Crippen molar-refractivity contribution in [3.05, 3.63) is 87.9 Å². The number of fused-ring (bicyclic) bond motifs is 1. The Hall–Kier alpha value is -3.40. The van der Waals surface area contributed by atoms with E-state index in [1.807, 2.05) is 24.3 Å². The molecule has 3 aromatic rings. The molecule has 0 spiro atoms. The lowest BCUT2D eigenvalue weighted by atomic mass is 10.0. The van der Waals surface area contributed by atoms with E-state index in [1.165, 1.54) is 42.8 Å². The Bertz CT molecular complexity index is 1420. The Morgan fingerprint density at radius 2 is 1.72 bits per heavy atom. The van der Waals surface area contributed by atoms with Gasteiger partial charge in [-0.15, -0.1) is 0 Å². The largest absolute Gasteiger partial charge is 0.497 e. The number of ether oxygens (including phenoxy) is 3. The minimum Gasteiger partial charge on any atom is -0.497 e. The molecule has 1 aliphatic heterocycles. The second kappa shape index (κ2) is 10.7. The van der Waals surface area contributed by atoms with E-state index in [9.17, 15) is 18.0 Å². The van der Waals surface area contributed by atoms with Gasteiger partial charge in [-0.3, -0.25) is 4.79 Å². The molecule has 10 heteroatoms. The van der Waals surface area contributed by atoms with E-state index in [0.717, 1.165) is 11.1 Å². The number of hydrogen-bond acceptors (Lipinski definition) is 7. The van der Waals surface area contributed by atoms with Gasteiger partial charge in [0, 0.05) is 19.2 Å². The van der Waals surface area contributed by atoms with Crippen molar-refractivity contribution in [2.45, 2.75) is 17.9 Å². The van der Waals surface area contributed by atoms with E-state index in [2.05, 4.69) is 0 Å². The van der Waals surface area contributed by atoms with Gasteiger partial charge in [-0.1, -0.05) is 35.9 Å². The van der Waals surface area contributed by atoms with E-state index < -0.39 is 28.4 Å². The lowest BCUT2D eigenvalue weighted by Gasteiger charge is -2.28. The number of hydrogen-bond donors (Lipinski definition) is 0. The Balaban J connectivity index is 1.50. The second-order valence-electron chi connectivity index (χ2n) is 8.07. The van der Waals surface area contributed by atoms with Crippen LogP contribution in [0.15, 0.2) is 65.6 Å². The lowest BCUT2D eigenvalue weighted by Crippen LogP contribution is -2.36. The first kappa shape index (κ1) is 25.7. The van der Waals surface area contributed by atoms with Gasteiger partial charge in [0.25, 0.3) is 0 Å². The fourth-order valence-corrected chi connectivity index (χ4v) is 5.88. The maximum Gasteiger partial charge on any atom is 0.338 e. The molecule has 0 radical (unpaired) electrons. The van der Waals surface area contributed by atoms with Crippen molar-refractivity contribution < 1.29 is 32.2 Å². The van der Waals surface area contributed by atoms with Crippen LogP contribution in [-0.2, 0) is 27.7 Å². The summed E-state index contributed by atoms with van der Waals surface area (Å²) in [5.74, 6) is -0.560. The molecule has 0 saturated heterocycles. The van der Waals surface area contributed by atoms with Gasteiger partial charge in [0.15, 0.2) is 6.61 Å². The minimum absolute atomic E-state index is 0.00976. The van der Waals surface area contributed by atoms with E-state index >= 15 is 0 Å². The molecule has 0 N–H and O–H groups in total. The highest BCUT2D eigenvalue weighted by atomic mass is 35.5. The molecule has 36 heavy (non-hydrogen) atoms. The molecule has 0 fully saturated rings. The summed E-state index contributed by atoms with van der Waals surface area (Å²) in [7, 11) is -1.08. The van der Waals surface area contributed by atoms with E-state index in [0.29, 0.717) is 18.7 Å². The fourth-order valence-electron chi connectivity index (χ4n) is 3.96. The van der Waals surface area contributed by atoms with Gasteiger partial charge in [0.1, 0.15) is 16.4 Å². The molecule has 0 unspecified atom stereocenters. The third-order valence-corrected chi connectivity index (χ3v) is 8.25. The predicted molar refractivity (Wildman–Crippen MR) is 133 cm³/mol. The van der Waals surface area contributed by atoms with Crippen LogP contribution >= 0.6 is 11.6 Å². The average Bonchev–Trinajstić information content (AvgIpc) is 2.90. The first-order chi connectivity index (χ1) is 17.2. The van der Waals surface area contributed by atoms with Crippen LogP contribution < -0.4 is 9.47 Å². The van der Waals surface area contributed by atoms with Gasteiger partial charge in [-0.2, -0.15) is 4.31 Å². The zero-order valence-electron chi connectivity index (χ0n) is 19.7. The summed E-state index contributed by atoms with van der Waals surface area (Å²) in [6.45, 7) is -0.0562. The Morgan fingerprint density at radius 1 is 0.972 bits per heavy atom. The number of sulfonamides is 1. The number of carbonyl (C=O) groups is 2. The molecule has 1 heterocycles. The summed E-state index contributed by atoms with van der Waals surface area (Å²) in [4.78, 5) is 25.1. The molecule has 0 saturated carbocycles. The monoisotopic (exact) mass is 529 g/mol. The molecule has 4 rings (SSSR count). The van der Waals surface area contributed by atoms with Crippen molar-refractivity contribution >= 4 is 33.4 Å². The molecule has 188 valence electrons. The van der Waals surface area contributed by atoms with Crippen molar-refractivity contribution in [2.75, 3.05) is 27.4 Å². The number of ketones is 1. The third-order valence-electron chi connectivity index (χ3n) is 5.92. The number of halogens is 1. The highest BCUT2D eigenvalue weighted by Gasteiger charge is 2.31. The van der Waals surface area contributed by atoms with Gasteiger partial charge < -0.3 is 14.2 Å². The van der Waals surface area contributed by atoms with Gasteiger partial charge >= 0.3 is 5.97 Å². The summed E-state index contributed by atoms with van der Waals surface area (Å²) in [5.41, 5.74) is 2.21. The van der Waals surface area contributed by atoms with Gasteiger partial charge in [0.05, 0.1) is 30.4 Å². The van der Waals surface area contributed by atoms with E-state index in [1.54, 1.807) is 12.1 Å². The maximum atomic E-state index is 13.4. The zero-order valence-corrected chi connectivity index (χ0v) is 21.3. The number of rotatable bonds is 8. The SMILES string of the molecule is COc1ccc(C(=O)COC(=O)c2ccc(Cl)c(S(=O)(=O)N3CCc4ccccc4C3)c2)c(OC)c1. The number of carbonyl (C=O) groups excluding carboxylic acids is 2. The second-order valence-corrected chi connectivity index (χ2v) is 10.4. The van der Waals surface area contributed by atoms with Gasteiger partial charge in [-0.05, 0) is 47.9 Å². The Morgan fingerprint density at radius 3 is 2.44 bits per heavy atom. The number of methoxy groups -OCH3 is 2. The molecule has 3 aromatic carbocycles. The van der Waals surface area contributed by atoms with Crippen molar-refractivity contribution in [1.82, 2.24) is 4.31 Å². The molecule has 0 aliphatic carbocycles. The molecule has 0 aromatic heterocycles. The van der Waals surface area contributed by atoms with Crippen LogP contribution in [0.5, 0.6) is 11.5 Å². The number of Topliss-reactive ketones (excluding diaryl/α,β-unsaturated/α-hetero) is 1. The molecular weight excluding hydrogens is 506 g/mol. The maximum absolute atomic E-state index is 13.4. The predicted octanol–water partition coefficient (Wildman–Crippen LogP) is 4.14. The lowest BCUT2D eigenvalue weighted by molar-refractivity contribution is 0.0473. The molecule has 0 amide bonds. The fraction of sp³-hybridized carbons (Fsp3) is 0.231. The van der Waals surface area contributed by atoms with Crippen LogP contribution in [0.4, 0.5) is 0 Å². The quantitative estimate of drug-likeness (QED) is 0.319. The van der Waals surface area contributed by atoms with E-state index in [4.69, 9.17) is 25.8 Å². The van der Waals surface area contributed by atoms with Crippen LogP contribution in [0.3, 0.4) is 0 Å². The highest BCUT2D eigenvalue weighted by Crippen LogP contribution is 2.30. The first-order valence-corrected chi connectivity index (χ1v) is 12.8. The zero-order chi connectivity index (χ0) is 25.9. The van der Waals surface area contributed by atoms with Crippen LogP contribution in [0.25, 0.3) is 0 Å². The first-order valence-electron chi connectivity index (χ1n) is 11.0. The van der Waals surface area contributed by atoms with Crippen molar-refractivity contribution in [2.24, 2.45) is 0 Å². The van der Waals surface area contributed by atoms with Crippen LogP contribution in [0.1, 0.15) is 31.8 Å². The molecule has 8 nitrogen and oxygen atoms in total. The highest BCUT2D eigenvalue weighted by molar-refractivity contribution is 7.89. The molecule has 0 atom stereocenters. The van der Waals surface area contributed by atoms with Crippen molar-refractivity contribution in [1.29, 1.82) is 0 Å². The summed E-state index contributed by atoms with van der Waals surface area (Å²) in [6.07, 6.45) is 0.575. The van der Waals surface area contributed by atoms with Crippen molar-refractivity contribution in [3.8, 4) is 11.5 Å². The molecule has 0 bridgehead atoms. The molecular formula is C26H24ClNO7S. The number of esters is 1. The Kier molecular flexibility index (Phi) is 7.63. The summed E-state index contributed by atoms with van der Waals surface area (Å²) < 4.78 is 43.6. The topological polar surface area (TPSA) is 99.2 Å². The molecule has 1 aliphatic rings. The van der Waals surface area contributed by atoms with Crippen LogP contribution in [0, 0.1) is 0 Å². The summed E-state index contributed by atoms with van der Waals surface area (Å²) in [6, 6.07) is 16.2. The van der Waals surface area contributed by atoms with Crippen LogP contribution in [0.2, 0.25) is 5.02 Å². The van der Waals surface area contributed by atoms with Crippen LogP contribution in [-0.4, -0.2) is 51.8 Å². The van der Waals surface area contributed by atoms with E-state index in [-0.39, 0.29) is 33.3 Å². The standard InChI is InChI=1S/C26H24ClNO7S/c1-33-20-8-9-21(24(14-20)34-2)23(29)16-35-26(30)18-7-10-22(27)25(13-18)36(31,32)28-12-11-17-5-3-4-6-19(17)15-28/h3-10,13-14H,11-12,15-16H2,1-2H3. The number of benzene rings is 3. The number of nitrogens with zero attached hydrogens (tertiary/aromatic N) is 1. The smallest absolute Gasteiger partial charge is 0.338 e. The van der Waals surface area contributed by atoms with Gasteiger partial charge in [-0.25, -0.2) is 13.2 Å².